The Labute approximate surface area is 151 Å². The quantitative estimate of drug-likeness (QED) is 0.810. The van der Waals surface area contributed by atoms with Crippen molar-refractivity contribution in [1.29, 1.82) is 0 Å². The van der Waals surface area contributed by atoms with Gasteiger partial charge in [-0.1, -0.05) is 22.9 Å². The fraction of sp³-hybridized carbons (Fsp3) is 0.375. The molecule has 1 aromatic heterocycles. The van der Waals surface area contributed by atoms with Crippen molar-refractivity contribution in [2.75, 3.05) is 27.2 Å². The number of aromatic nitrogens is 2. The molecule has 0 aliphatic carbocycles. The van der Waals surface area contributed by atoms with E-state index in [1.54, 1.807) is 11.1 Å². The third-order valence-corrected chi connectivity index (χ3v) is 4.08. The number of hydrogen-bond acceptors (Lipinski definition) is 3. The highest BCUT2D eigenvalue weighted by Crippen LogP contribution is 2.19. The molecule has 0 aliphatic rings. The van der Waals surface area contributed by atoms with Crippen LogP contribution in [-0.2, 0) is 6.42 Å². The van der Waals surface area contributed by atoms with Gasteiger partial charge in [-0.3, -0.25) is 4.79 Å². The van der Waals surface area contributed by atoms with Gasteiger partial charge in [0.25, 0.3) is 5.91 Å². The van der Waals surface area contributed by atoms with Crippen molar-refractivity contribution in [3.05, 3.63) is 46.2 Å². The summed E-state index contributed by atoms with van der Waals surface area (Å²) in [5.41, 5.74) is 2.56. The van der Waals surface area contributed by atoms with Gasteiger partial charge in [0.15, 0.2) is 0 Å². The predicted octanol–water partition coefficient (Wildman–Crippen LogP) is 2.91. The molecule has 0 bridgehead atoms. The molecule has 0 saturated heterocycles. The fourth-order valence-electron chi connectivity index (χ4n) is 2.28. The van der Waals surface area contributed by atoms with E-state index < -0.39 is 0 Å². The topological polar surface area (TPSA) is 50.2 Å². The number of likely N-dealkylation sites (N-methyl/N-ethyl adjacent to an activating group) is 2. The maximum atomic E-state index is 12.6. The lowest BCUT2D eigenvalue weighted by molar-refractivity contribution is 0.0796. The SMILES string of the molecule is CCc1c(C(=O)N(C)CCNC)cnn1-c1ccc(Br)cc1.Cl. The first kappa shape index (κ1) is 19.7. The molecule has 0 aliphatic heterocycles. The van der Waals surface area contributed by atoms with Gasteiger partial charge in [-0.15, -0.1) is 12.4 Å². The van der Waals surface area contributed by atoms with E-state index in [1.807, 2.05) is 50.0 Å². The molecular weight excluding hydrogens is 380 g/mol. The summed E-state index contributed by atoms with van der Waals surface area (Å²) in [6.45, 7) is 3.48. The Morgan fingerprint density at radius 2 is 2.00 bits per heavy atom. The Kier molecular flexibility index (Phi) is 7.75. The van der Waals surface area contributed by atoms with Crippen molar-refractivity contribution in [2.45, 2.75) is 13.3 Å². The first-order valence-corrected chi connectivity index (χ1v) is 8.10. The molecule has 126 valence electrons. The standard InChI is InChI=1S/C16H21BrN4O.ClH/c1-4-15-14(16(22)20(3)10-9-18-2)11-19-21(15)13-7-5-12(17)6-8-13;/h5-8,11,18H,4,9-10H2,1-3H3;1H. The molecular formula is C16H22BrClN4O. The third kappa shape index (κ3) is 4.56. The molecule has 0 atom stereocenters. The zero-order chi connectivity index (χ0) is 16.1. The van der Waals surface area contributed by atoms with Crippen LogP contribution >= 0.6 is 28.3 Å². The number of halogens is 2. The van der Waals surface area contributed by atoms with Gasteiger partial charge in [-0.05, 0) is 37.7 Å². The lowest BCUT2D eigenvalue weighted by Gasteiger charge is -2.17. The van der Waals surface area contributed by atoms with Crippen molar-refractivity contribution < 1.29 is 4.79 Å². The van der Waals surface area contributed by atoms with E-state index in [4.69, 9.17) is 0 Å². The molecule has 1 heterocycles. The van der Waals surface area contributed by atoms with Crippen LogP contribution in [0.3, 0.4) is 0 Å². The first-order chi connectivity index (χ1) is 10.6. The Morgan fingerprint density at radius 1 is 1.35 bits per heavy atom. The van der Waals surface area contributed by atoms with Crippen LogP contribution < -0.4 is 5.32 Å². The van der Waals surface area contributed by atoms with Gasteiger partial charge in [0, 0.05) is 24.6 Å². The van der Waals surface area contributed by atoms with E-state index in [0.29, 0.717) is 12.1 Å². The van der Waals surface area contributed by atoms with Gasteiger partial charge in [-0.25, -0.2) is 4.68 Å². The van der Waals surface area contributed by atoms with Crippen molar-refractivity contribution in [2.24, 2.45) is 0 Å². The highest BCUT2D eigenvalue weighted by Gasteiger charge is 2.19. The Balaban J connectivity index is 0.00000264. The number of carbonyl (C=O) groups excluding carboxylic acids is 1. The van der Waals surface area contributed by atoms with Crippen molar-refractivity contribution in [3.63, 3.8) is 0 Å². The maximum absolute atomic E-state index is 12.6. The van der Waals surface area contributed by atoms with Crippen LogP contribution in [0.15, 0.2) is 34.9 Å². The van der Waals surface area contributed by atoms with Gasteiger partial charge in [0.1, 0.15) is 0 Å². The second-order valence-corrected chi connectivity index (χ2v) is 5.99. The Hall–Kier alpha value is -1.37. The van der Waals surface area contributed by atoms with Gasteiger partial charge < -0.3 is 10.2 Å². The lowest BCUT2D eigenvalue weighted by atomic mass is 10.1. The molecule has 1 N–H and O–H groups in total. The Morgan fingerprint density at radius 3 is 2.57 bits per heavy atom. The van der Waals surface area contributed by atoms with Crippen LogP contribution in [0.5, 0.6) is 0 Å². The summed E-state index contributed by atoms with van der Waals surface area (Å²) in [6, 6.07) is 7.90. The molecule has 1 amide bonds. The van der Waals surface area contributed by atoms with Crippen molar-refractivity contribution in [1.82, 2.24) is 20.0 Å². The van der Waals surface area contributed by atoms with Crippen LogP contribution in [0.1, 0.15) is 23.0 Å². The van der Waals surface area contributed by atoms with E-state index >= 15 is 0 Å². The minimum Gasteiger partial charge on any atom is -0.340 e. The van der Waals surface area contributed by atoms with E-state index in [0.717, 1.165) is 28.8 Å². The minimum absolute atomic E-state index is 0. The lowest BCUT2D eigenvalue weighted by Crippen LogP contribution is -2.33. The molecule has 2 rings (SSSR count). The second-order valence-electron chi connectivity index (χ2n) is 5.08. The number of nitrogens with one attached hydrogen (secondary N) is 1. The first-order valence-electron chi connectivity index (χ1n) is 7.31. The zero-order valence-corrected chi connectivity index (χ0v) is 15.9. The number of benzene rings is 1. The second kappa shape index (κ2) is 9.05. The summed E-state index contributed by atoms with van der Waals surface area (Å²) < 4.78 is 2.86. The molecule has 5 nitrogen and oxygen atoms in total. The molecule has 1 aromatic carbocycles. The molecule has 2 aromatic rings. The van der Waals surface area contributed by atoms with Crippen molar-refractivity contribution >= 4 is 34.2 Å². The summed E-state index contributed by atoms with van der Waals surface area (Å²) in [5.74, 6) is 0.00969. The van der Waals surface area contributed by atoms with Crippen molar-refractivity contribution in [3.8, 4) is 5.69 Å². The van der Waals surface area contributed by atoms with Gasteiger partial charge in [-0.2, -0.15) is 5.10 Å². The minimum atomic E-state index is 0. The molecule has 0 spiro atoms. The molecule has 0 radical (unpaired) electrons. The largest absolute Gasteiger partial charge is 0.340 e. The van der Waals surface area contributed by atoms with E-state index in [9.17, 15) is 4.79 Å². The Bertz CT molecular complexity index is 642. The highest BCUT2D eigenvalue weighted by molar-refractivity contribution is 9.10. The number of carbonyl (C=O) groups is 1. The summed E-state index contributed by atoms with van der Waals surface area (Å²) in [5, 5.41) is 7.46. The number of nitrogens with zero attached hydrogens (tertiary/aromatic N) is 3. The fourth-order valence-corrected chi connectivity index (χ4v) is 2.55. The van der Waals surface area contributed by atoms with E-state index in [1.165, 1.54) is 0 Å². The zero-order valence-electron chi connectivity index (χ0n) is 13.5. The molecule has 0 saturated carbocycles. The summed E-state index contributed by atoms with van der Waals surface area (Å²) in [7, 11) is 3.69. The van der Waals surface area contributed by atoms with Crippen LogP contribution in [0.2, 0.25) is 0 Å². The van der Waals surface area contributed by atoms with E-state index in [2.05, 4.69) is 26.3 Å². The summed E-state index contributed by atoms with van der Waals surface area (Å²) in [4.78, 5) is 14.3. The highest BCUT2D eigenvalue weighted by atomic mass is 79.9. The van der Waals surface area contributed by atoms with E-state index in [-0.39, 0.29) is 18.3 Å². The van der Waals surface area contributed by atoms with Gasteiger partial charge in [0.05, 0.1) is 23.1 Å². The average molecular weight is 402 g/mol. The van der Waals surface area contributed by atoms with Gasteiger partial charge in [0.2, 0.25) is 0 Å². The van der Waals surface area contributed by atoms with Crippen LogP contribution in [-0.4, -0.2) is 47.8 Å². The number of rotatable bonds is 6. The maximum Gasteiger partial charge on any atom is 0.257 e. The summed E-state index contributed by atoms with van der Waals surface area (Å²) in [6.07, 6.45) is 2.41. The molecule has 7 heteroatoms. The predicted molar refractivity (Wildman–Crippen MR) is 98.8 cm³/mol. The normalized spacial score (nSPS) is 10.3. The monoisotopic (exact) mass is 400 g/mol. The molecule has 0 fully saturated rings. The molecule has 23 heavy (non-hydrogen) atoms. The molecule has 0 unspecified atom stereocenters. The third-order valence-electron chi connectivity index (χ3n) is 3.55. The average Bonchev–Trinajstić information content (AvgIpc) is 2.96. The van der Waals surface area contributed by atoms with Gasteiger partial charge >= 0.3 is 0 Å². The van der Waals surface area contributed by atoms with Crippen LogP contribution in [0, 0.1) is 0 Å². The smallest absolute Gasteiger partial charge is 0.257 e. The summed E-state index contributed by atoms with van der Waals surface area (Å²) >= 11 is 3.43. The van der Waals surface area contributed by atoms with Crippen LogP contribution in [0.4, 0.5) is 0 Å². The van der Waals surface area contributed by atoms with Crippen LogP contribution in [0.25, 0.3) is 5.69 Å². The number of amides is 1. The number of hydrogen-bond donors (Lipinski definition) is 1.